The molecule has 1 rings (SSSR count). The molecule has 2 N–H and O–H groups in total. The zero-order chi connectivity index (χ0) is 8.97. The zero-order valence-corrected chi connectivity index (χ0v) is 7.87. The molecule has 12 heavy (non-hydrogen) atoms. The molecule has 0 aliphatic heterocycles. The van der Waals surface area contributed by atoms with Crippen LogP contribution in [0.5, 0.6) is 0 Å². The first-order chi connectivity index (χ1) is 5.74. The molecule has 1 aliphatic rings. The molecule has 0 heterocycles. The predicted octanol–water partition coefficient (Wildman–Crippen LogP) is 1.70. The van der Waals surface area contributed by atoms with Crippen LogP contribution < -0.4 is 0 Å². The fourth-order valence-electron chi connectivity index (χ4n) is 2.02. The van der Waals surface area contributed by atoms with Crippen molar-refractivity contribution in [1.82, 2.24) is 0 Å². The summed E-state index contributed by atoms with van der Waals surface area (Å²) in [5.74, 6) is 0.417. The van der Waals surface area contributed by atoms with E-state index >= 15 is 0 Å². The van der Waals surface area contributed by atoms with Crippen molar-refractivity contribution < 1.29 is 10.2 Å². The average molecular weight is 172 g/mol. The van der Waals surface area contributed by atoms with Crippen molar-refractivity contribution in [3.63, 3.8) is 0 Å². The summed E-state index contributed by atoms with van der Waals surface area (Å²) in [7, 11) is 0. The molecule has 3 unspecified atom stereocenters. The van der Waals surface area contributed by atoms with Crippen LogP contribution in [0.3, 0.4) is 0 Å². The molecule has 0 amide bonds. The van der Waals surface area contributed by atoms with Gasteiger partial charge in [0.2, 0.25) is 0 Å². The van der Waals surface area contributed by atoms with Gasteiger partial charge in [0.1, 0.15) is 0 Å². The first kappa shape index (κ1) is 10.0. The number of hydrogen-bond donors (Lipinski definition) is 2. The normalized spacial score (nSPS) is 38.8. The van der Waals surface area contributed by atoms with Crippen molar-refractivity contribution in [2.75, 3.05) is 0 Å². The third-order valence-corrected chi connectivity index (χ3v) is 2.98. The van der Waals surface area contributed by atoms with E-state index in [1.54, 1.807) is 0 Å². The van der Waals surface area contributed by atoms with Crippen LogP contribution >= 0.6 is 0 Å². The smallest absolute Gasteiger partial charge is 0.0568 e. The van der Waals surface area contributed by atoms with Crippen LogP contribution in [0.2, 0.25) is 0 Å². The lowest BCUT2D eigenvalue weighted by Crippen LogP contribution is -2.24. The van der Waals surface area contributed by atoms with Crippen LogP contribution in [-0.2, 0) is 0 Å². The minimum Gasteiger partial charge on any atom is -0.393 e. The number of aliphatic hydroxyl groups is 2. The van der Waals surface area contributed by atoms with Gasteiger partial charge in [0, 0.05) is 0 Å². The van der Waals surface area contributed by atoms with Crippen LogP contribution in [0, 0.1) is 5.92 Å². The van der Waals surface area contributed by atoms with Gasteiger partial charge in [0.25, 0.3) is 0 Å². The predicted molar refractivity (Wildman–Crippen MR) is 48.9 cm³/mol. The molecule has 72 valence electrons. The SMILES string of the molecule is CCC1CCC(O)CCCC1O. The Morgan fingerprint density at radius 3 is 2.50 bits per heavy atom. The second kappa shape index (κ2) is 4.83. The van der Waals surface area contributed by atoms with E-state index in [9.17, 15) is 10.2 Å². The van der Waals surface area contributed by atoms with Crippen molar-refractivity contribution in [3.8, 4) is 0 Å². The Labute approximate surface area is 74.6 Å². The monoisotopic (exact) mass is 172 g/mol. The van der Waals surface area contributed by atoms with Gasteiger partial charge in [-0.15, -0.1) is 0 Å². The molecule has 3 atom stereocenters. The summed E-state index contributed by atoms with van der Waals surface area (Å²) < 4.78 is 0. The highest BCUT2D eigenvalue weighted by Crippen LogP contribution is 2.25. The lowest BCUT2D eigenvalue weighted by atomic mass is 9.86. The van der Waals surface area contributed by atoms with E-state index in [2.05, 4.69) is 6.92 Å². The first-order valence-electron chi connectivity index (χ1n) is 5.10. The second-order valence-electron chi connectivity index (χ2n) is 3.90. The lowest BCUT2D eigenvalue weighted by Gasteiger charge is -2.26. The van der Waals surface area contributed by atoms with Crippen molar-refractivity contribution in [1.29, 1.82) is 0 Å². The summed E-state index contributed by atoms with van der Waals surface area (Å²) in [6.07, 6.45) is 5.36. The van der Waals surface area contributed by atoms with Crippen LogP contribution in [0.4, 0.5) is 0 Å². The van der Waals surface area contributed by atoms with Gasteiger partial charge in [-0.05, 0) is 38.0 Å². The van der Waals surface area contributed by atoms with E-state index in [1.165, 1.54) is 0 Å². The molecule has 0 aromatic carbocycles. The highest BCUT2D eigenvalue weighted by Gasteiger charge is 2.21. The molecule has 0 spiro atoms. The molecule has 2 heteroatoms. The van der Waals surface area contributed by atoms with Gasteiger partial charge >= 0.3 is 0 Å². The van der Waals surface area contributed by atoms with Crippen molar-refractivity contribution >= 4 is 0 Å². The molecular formula is C10H20O2. The highest BCUT2D eigenvalue weighted by molar-refractivity contribution is 4.73. The Balaban J connectivity index is 2.39. The van der Waals surface area contributed by atoms with Gasteiger partial charge in [-0.2, -0.15) is 0 Å². The Kier molecular flexibility index (Phi) is 4.02. The third kappa shape index (κ3) is 2.76. The first-order valence-corrected chi connectivity index (χ1v) is 5.10. The zero-order valence-electron chi connectivity index (χ0n) is 7.87. The van der Waals surface area contributed by atoms with Gasteiger partial charge in [0.15, 0.2) is 0 Å². The molecule has 0 bridgehead atoms. The largest absolute Gasteiger partial charge is 0.393 e. The fourth-order valence-corrected chi connectivity index (χ4v) is 2.02. The summed E-state index contributed by atoms with van der Waals surface area (Å²) in [4.78, 5) is 0. The minimum atomic E-state index is -0.123. The standard InChI is InChI=1S/C10H20O2/c1-2-8-6-7-9(11)4-3-5-10(8)12/h8-12H,2-7H2,1H3. The number of aliphatic hydroxyl groups excluding tert-OH is 2. The maximum atomic E-state index is 9.68. The Morgan fingerprint density at radius 1 is 1.08 bits per heavy atom. The Bertz CT molecular complexity index is 125. The molecule has 0 aromatic rings. The van der Waals surface area contributed by atoms with Crippen LogP contribution in [-0.4, -0.2) is 22.4 Å². The summed E-state index contributed by atoms with van der Waals surface area (Å²) >= 11 is 0. The van der Waals surface area contributed by atoms with E-state index in [1.807, 2.05) is 0 Å². The third-order valence-electron chi connectivity index (χ3n) is 2.98. The van der Waals surface area contributed by atoms with Gasteiger partial charge in [-0.3, -0.25) is 0 Å². The van der Waals surface area contributed by atoms with Crippen LogP contribution in [0.15, 0.2) is 0 Å². The van der Waals surface area contributed by atoms with E-state index in [-0.39, 0.29) is 12.2 Å². The molecule has 0 saturated heterocycles. The maximum absolute atomic E-state index is 9.68. The topological polar surface area (TPSA) is 40.5 Å². The molecule has 0 aromatic heterocycles. The highest BCUT2D eigenvalue weighted by atomic mass is 16.3. The van der Waals surface area contributed by atoms with Crippen molar-refractivity contribution in [3.05, 3.63) is 0 Å². The average Bonchev–Trinajstić information content (AvgIpc) is 2.03. The van der Waals surface area contributed by atoms with Crippen molar-refractivity contribution in [2.24, 2.45) is 5.92 Å². The van der Waals surface area contributed by atoms with Gasteiger partial charge in [-0.25, -0.2) is 0 Å². The van der Waals surface area contributed by atoms with Gasteiger partial charge < -0.3 is 10.2 Å². The molecule has 1 fully saturated rings. The van der Waals surface area contributed by atoms with E-state index in [0.717, 1.165) is 38.5 Å². The molecule has 1 aliphatic carbocycles. The van der Waals surface area contributed by atoms with Gasteiger partial charge in [-0.1, -0.05) is 13.3 Å². The molecular weight excluding hydrogens is 152 g/mol. The summed E-state index contributed by atoms with van der Waals surface area (Å²) in [5.41, 5.74) is 0. The summed E-state index contributed by atoms with van der Waals surface area (Å²) in [5, 5.41) is 19.1. The number of rotatable bonds is 1. The Hall–Kier alpha value is -0.0800. The maximum Gasteiger partial charge on any atom is 0.0568 e. The summed E-state index contributed by atoms with van der Waals surface area (Å²) in [6, 6.07) is 0. The Morgan fingerprint density at radius 2 is 1.83 bits per heavy atom. The lowest BCUT2D eigenvalue weighted by molar-refractivity contribution is 0.0520. The molecule has 2 nitrogen and oxygen atoms in total. The van der Waals surface area contributed by atoms with Crippen LogP contribution in [0.25, 0.3) is 0 Å². The summed E-state index contributed by atoms with van der Waals surface area (Å²) in [6.45, 7) is 2.11. The van der Waals surface area contributed by atoms with Gasteiger partial charge in [0.05, 0.1) is 12.2 Å². The molecule has 0 radical (unpaired) electrons. The molecule has 1 saturated carbocycles. The van der Waals surface area contributed by atoms with E-state index in [0.29, 0.717) is 5.92 Å². The fraction of sp³-hybridized carbons (Fsp3) is 1.00. The number of hydrogen-bond acceptors (Lipinski definition) is 2. The van der Waals surface area contributed by atoms with Crippen molar-refractivity contribution in [2.45, 2.75) is 57.7 Å². The minimum absolute atomic E-state index is 0.119. The van der Waals surface area contributed by atoms with Crippen LogP contribution in [0.1, 0.15) is 45.4 Å². The second-order valence-corrected chi connectivity index (χ2v) is 3.90. The quantitative estimate of drug-likeness (QED) is 0.632. The van der Waals surface area contributed by atoms with E-state index in [4.69, 9.17) is 0 Å². The van der Waals surface area contributed by atoms with E-state index < -0.39 is 0 Å².